The predicted molar refractivity (Wildman–Crippen MR) is 112 cm³/mol. The molecule has 1 heterocycles. The van der Waals surface area contributed by atoms with Crippen molar-refractivity contribution in [3.8, 4) is 17.2 Å². The van der Waals surface area contributed by atoms with E-state index in [0.29, 0.717) is 49.3 Å². The summed E-state index contributed by atoms with van der Waals surface area (Å²) in [7, 11) is -0.582. The Labute approximate surface area is 176 Å². The summed E-state index contributed by atoms with van der Waals surface area (Å²) in [6, 6.07) is 11.9. The molecule has 158 valence electrons. The topological polar surface area (TPSA) is 68.3 Å². The molecule has 0 saturated carbocycles. The summed E-state index contributed by atoms with van der Waals surface area (Å²) in [6.45, 7) is 3.42. The predicted octanol–water partition coefficient (Wildman–Crippen LogP) is 2.74. The van der Waals surface area contributed by atoms with Crippen molar-refractivity contribution in [1.29, 1.82) is 0 Å². The van der Waals surface area contributed by atoms with Gasteiger partial charge in [0.05, 0.1) is 19.1 Å². The van der Waals surface area contributed by atoms with Crippen LogP contribution in [0.1, 0.15) is 0 Å². The molecule has 0 spiro atoms. The summed E-state index contributed by atoms with van der Waals surface area (Å²) in [4.78, 5) is 2.39. The molecule has 1 fully saturated rings. The van der Waals surface area contributed by atoms with Gasteiger partial charge in [-0.25, -0.2) is 8.42 Å². The molecule has 29 heavy (non-hydrogen) atoms. The minimum absolute atomic E-state index is 0.203. The van der Waals surface area contributed by atoms with Crippen LogP contribution in [0.4, 0.5) is 0 Å². The van der Waals surface area contributed by atoms with Gasteiger partial charge in [0.1, 0.15) is 12.4 Å². The van der Waals surface area contributed by atoms with E-state index < -0.39 is 10.0 Å². The normalized spacial score (nSPS) is 15.8. The standard InChI is InChI=1S/C20H25ClN2O5S/c1-26-19-8-7-18(15-20(19)27-2)29(24,25)23-11-9-22(10-12-23)13-14-28-17-5-3-16(21)4-6-17/h3-8,15H,9-14H2,1-2H3. The lowest BCUT2D eigenvalue weighted by molar-refractivity contribution is 0.159. The maximum Gasteiger partial charge on any atom is 0.243 e. The molecular formula is C20H25ClN2O5S. The molecule has 0 unspecified atom stereocenters. The summed E-state index contributed by atoms with van der Waals surface area (Å²) in [5.74, 6) is 1.66. The molecule has 3 rings (SSSR count). The maximum absolute atomic E-state index is 13.0. The Morgan fingerprint density at radius 2 is 1.59 bits per heavy atom. The van der Waals surface area contributed by atoms with Gasteiger partial charge in [-0.05, 0) is 36.4 Å². The van der Waals surface area contributed by atoms with Crippen LogP contribution in [0.5, 0.6) is 17.2 Å². The number of sulfonamides is 1. The first-order valence-corrected chi connectivity index (χ1v) is 11.1. The van der Waals surface area contributed by atoms with Crippen molar-refractivity contribution in [2.75, 3.05) is 53.6 Å². The largest absolute Gasteiger partial charge is 0.493 e. The zero-order chi connectivity index (χ0) is 20.9. The number of nitrogens with zero attached hydrogens (tertiary/aromatic N) is 2. The van der Waals surface area contributed by atoms with Gasteiger partial charge in [0, 0.05) is 43.8 Å². The highest BCUT2D eigenvalue weighted by molar-refractivity contribution is 7.89. The van der Waals surface area contributed by atoms with Crippen LogP contribution in [0.2, 0.25) is 5.02 Å². The number of benzene rings is 2. The Balaban J connectivity index is 1.53. The third kappa shape index (κ3) is 5.33. The Morgan fingerprint density at radius 1 is 0.931 bits per heavy atom. The molecule has 1 aliphatic heterocycles. The Bertz CT molecular complexity index is 913. The fraction of sp³-hybridized carbons (Fsp3) is 0.400. The van der Waals surface area contributed by atoms with E-state index in [9.17, 15) is 8.42 Å². The average Bonchev–Trinajstić information content (AvgIpc) is 2.75. The Morgan fingerprint density at radius 3 is 2.21 bits per heavy atom. The summed E-state index contributed by atoms with van der Waals surface area (Å²) < 4.78 is 43.6. The number of halogens is 1. The number of methoxy groups -OCH3 is 2. The SMILES string of the molecule is COc1ccc(S(=O)(=O)N2CCN(CCOc3ccc(Cl)cc3)CC2)cc1OC. The van der Waals surface area contributed by atoms with E-state index >= 15 is 0 Å². The molecule has 1 aliphatic rings. The third-order valence-corrected chi connectivity index (χ3v) is 6.96. The first-order chi connectivity index (χ1) is 13.9. The van der Waals surface area contributed by atoms with Crippen molar-refractivity contribution >= 4 is 21.6 Å². The van der Waals surface area contributed by atoms with Crippen molar-refractivity contribution < 1.29 is 22.6 Å². The van der Waals surface area contributed by atoms with Gasteiger partial charge in [0.15, 0.2) is 11.5 Å². The first kappa shape index (κ1) is 21.7. The summed E-state index contributed by atoms with van der Waals surface area (Å²) in [6.07, 6.45) is 0. The van der Waals surface area contributed by atoms with E-state index in [1.54, 1.807) is 24.3 Å². The Kier molecular flexibility index (Phi) is 7.23. The van der Waals surface area contributed by atoms with Gasteiger partial charge in [-0.3, -0.25) is 4.90 Å². The van der Waals surface area contributed by atoms with Crippen molar-refractivity contribution in [2.45, 2.75) is 4.90 Å². The molecule has 0 aliphatic carbocycles. The van der Waals surface area contributed by atoms with Gasteiger partial charge in [0.2, 0.25) is 10.0 Å². The number of hydrogen-bond donors (Lipinski definition) is 0. The number of hydrogen-bond acceptors (Lipinski definition) is 6. The highest BCUT2D eigenvalue weighted by Crippen LogP contribution is 2.30. The molecule has 0 bridgehead atoms. The monoisotopic (exact) mass is 440 g/mol. The van der Waals surface area contributed by atoms with Crippen LogP contribution in [0.25, 0.3) is 0 Å². The van der Waals surface area contributed by atoms with Crippen molar-refractivity contribution in [3.05, 3.63) is 47.5 Å². The van der Waals surface area contributed by atoms with Gasteiger partial charge in [-0.2, -0.15) is 4.31 Å². The molecule has 0 radical (unpaired) electrons. The second kappa shape index (κ2) is 9.67. The van der Waals surface area contributed by atoms with Crippen LogP contribution < -0.4 is 14.2 Å². The zero-order valence-electron chi connectivity index (χ0n) is 16.5. The average molecular weight is 441 g/mol. The number of rotatable bonds is 8. The van der Waals surface area contributed by atoms with E-state index in [0.717, 1.165) is 12.3 Å². The molecule has 0 N–H and O–H groups in total. The minimum Gasteiger partial charge on any atom is -0.493 e. The van der Waals surface area contributed by atoms with E-state index in [1.165, 1.54) is 24.6 Å². The van der Waals surface area contributed by atoms with Gasteiger partial charge in [-0.15, -0.1) is 0 Å². The molecule has 0 amide bonds. The van der Waals surface area contributed by atoms with Crippen LogP contribution in [0, 0.1) is 0 Å². The molecule has 2 aromatic rings. The van der Waals surface area contributed by atoms with Crippen molar-refractivity contribution in [3.63, 3.8) is 0 Å². The maximum atomic E-state index is 13.0. The molecular weight excluding hydrogens is 416 g/mol. The van der Waals surface area contributed by atoms with Crippen LogP contribution in [0.3, 0.4) is 0 Å². The quantitative estimate of drug-likeness (QED) is 0.628. The molecule has 9 heteroatoms. The summed E-state index contributed by atoms with van der Waals surface area (Å²) in [5, 5.41) is 0.671. The lowest BCUT2D eigenvalue weighted by Crippen LogP contribution is -2.49. The number of piperazine rings is 1. The van der Waals surface area contributed by atoms with Crippen LogP contribution in [-0.2, 0) is 10.0 Å². The zero-order valence-corrected chi connectivity index (χ0v) is 18.1. The second-order valence-corrected chi connectivity index (χ2v) is 8.94. The second-order valence-electron chi connectivity index (χ2n) is 6.56. The lowest BCUT2D eigenvalue weighted by Gasteiger charge is -2.33. The van der Waals surface area contributed by atoms with Crippen molar-refractivity contribution in [2.24, 2.45) is 0 Å². The van der Waals surface area contributed by atoms with Gasteiger partial charge < -0.3 is 14.2 Å². The van der Waals surface area contributed by atoms with E-state index in [1.807, 2.05) is 12.1 Å². The Hall–Kier alpha value is -2.00. The highest BCUT2D eigenvalue weighted by Gasteiger charge is 2.29. The van der Waals surface area contributed by atoms with Crippen molar-refractivity contribution in [1.82, 2.24) is 9.21 Å². The first-order valence-electron chi connectivity index (χ1n) is 9.27. The molecule has 2 aromatic carbocycles. The van der Waals surface area contributed by atoms with E-state index in [2.05, 4.69) is 4.90 Å². The molecule has 1 saturated heterocycles. The van der Waals surface area contributed by atoms with Crippen LogP contribution in [-0.4, -0.2) is 71.2 Å². The fourth-order valence-corrected chi connectivity index (χ4v) is 4.71. The van der Waals surface area contributed by atoms with Gasteiger partial charge >= 0.3 is 0 Å². The minimum atomic E-state index is -3.58. The third-order valence-electron chi connectivity index (χ3n) is 4.81. The summed E-state index contributed by atoms with van der Waals surface area (Å²) in [5.41, 5.74) is 0. The van der Waals surface area contributed by atoms with Crippen LogP contribution in [0.15, 0.2) is 47.4 Å². The van der Waals surface area contributed by atoms with E-state index in [4.69, 9.17) is 25.8 Å². The summed E-state index contributed by atoms with van der Waals surface area (Å²) >= 11 is 5.86. The smallest absolute Gasteiger partial charge is 0.243 e. The fourth-order valence-electron chi connectivity index (χ4n) is 3.14. The molecule has 0 atom stereocenters. The molecule has 0 aromatic heterocycles. The lowest BCUT2D eigenvalue weighted by atomic mass is 10.3. The molecule has 7 nitrogen and oxygen atoms in total. The van der Waals surface area contributed by atoms with E-state index in [-0.39, 0.29) is 4.90 Å². The highest BCUT2D eigenvalue weighted by atomic mass is 35.5. The number of ether oxygens (including phenoxy) is 3. The van der Waals surface area contributed by atoms with Crippen LogP contribution >= 0.6 is 11.6 Å². The van der Waals surface area contributed by atoms with Gasteiger partial charge in [0.25, 0.3) is 0 Å². The van der Waals surface area contributed by atoms with Gasteiger partial charge in [-0.1, -0.05) is 11.6 Å².